The molecule has 0 aliphatic carbocycles. The molecule has 0 amide bonds. The van der Waals surface area contributed by atoms with Gasteiger partial charge in [-0.1, -0.05) is 70.9 Å². The van der Waals surface area contributed by atoms with Gasteiger partial charge in [0.1, 0.15) is 12.4 Å². The van der Waals surface area contributed by atoms with Crippen molar-refractivity contribution in [1.29, 1.82) is 0 Å². The largest absolute Gasteiger partial charge is 0.491 e. The van der Waals surface area contributed by atoms with Crippen LogP contribution in [0.3, 0.4) is 0 Å². The number of hydrogen-bond acceptors (Lipinski definition) is 4. The Morgan fingerprint density at radius 2 is 1.23 bits per heavy atom. The molecule has 0 heterocycles. The molecule has 0 bridgehead atoms. The monoisotopic (exact) mass is 592 g/mol. The molecule has 0 saturated carbocycles. The van der Waals surface area contributed by atoms with Gasteiger partial charge >= 0.3 is 5.97 Å². The molecular weight excluding hydrogens is 567 g/mol. The van der Waals surface area contributed by atoms with Crippen molar-refractivity contribution < 1.29 is 19.0 Å². The molecule has 0 unspecified atom stereocenters. The van der Waals surface area contributed by atoms with E-state index in [1.807, 2.05) is 81.4 Å². The molecular formula is C33H27Cl3O4. The third kappa shape index (κ3) is 8.52. The Morgan fingerprint density at radius 1 is 0.700 bits per heavy atom. The normalized spacial score (nSPS) is 10.9. The summed E-state index contributed by atoms with van der Waals surface area (Å²) in [7, 11) is 0. The number of benzene rings is 4. The van der Waals surface area contributed by atoms with Crippen LogP contribution in [0.4, 0.5) is 0 Å². The van der Waals surface area contributed by atoms with Crippen LogP contribution in [-0.2, 0) is 4.74 Å². The van der Waals surface area contributed by atoms with Gasteiger partial charge in [0, 0.05) is 17.2 Å². The summed E-state index contributed by atoms with van der Waals surface area (Å²) in [4.78, 5) is 12.6. The highest BCUT2D eigenvalue weighted by molar-refractivity contribution is 6.43. The highest BCUT2D eigenvalue weighted by atomic mass is 35.5. The van der Waals surface area contributed by atoms with Crippen molar-refractivity contribution in [2.75, 3.05) is 13.2 Å². The Balaban J connectivity index is 1.33. The Hall–Kier alpha value is -3.46. The zero-order valence-electron chi connectivity index (χ0n) is 22.3. The molecule has 4 aromatic carbocycles. The second kappa shape index (κ2) is 13.3. The van der Waals surface area contributed by atoms with Crippen LogP contribution < -0.4 is 9.47 Å². The van der Waals surface area contributed by atoms with Gasteiger partial charge in [-0.2, -0.15) is 0 Å². The van der Waals surface area contributed by atoms with E-state index < -0.39 is 5.97 Å². The van der Waals surface area contributed by atoms with Crippen molar-refractivity contribution in [3.05, 3.63) is 117 Å². The summed E-state index contributed by atoms with van der Waals surface area (Å²) >= 11 is 18.0. The van der Waals surface area contributed by atoms with Gasteiger partial charge in [0.2, 0.25) is 0 Å². The Morgan fingerprint density at radius 3 is 1.80 bits per heavy atom. The van der Waals surface area contributed by atoms with Crippen LogP contribution in [0.15, 0.2) is 84.9 Å². The molecule has 0 aromatic heterocycles. The fraction of sp³-hybridized carbons (Fsp3) is 0.182. The number of carbonyl (C=O) groups excluding carboxylic acids is 1. The van der Waals surface area contributed by atoms with Gasteiger partial charge in [0.05, 0.1) is 32.8 Å². The molecule has 0 N–H and O–H groups in total. The van der Waals surface area contributed by atoms with Crippen molar-refractivity contribution in [2.45, 2.75) is 26.4 Å². The number of hydrogen-bond donors (Lipinski definition) is 0. The molecule has 4 rings (SSSR count). The van der Waals surface area contributed by atoms with Crippen molar-refractivity contribution in [3.8, 4) is 34.5 Å². The van der Waals surface area contributed by atoms with Gasteiger partial charge in [-0.05, 0) is 86.5 Å². The lowest BCUT2D eigenvalue weighted by molar-refractivity contribution is -0.0163. The van der Waals surface area contributed by atoms with E-state index in [0.717, 1.165) is 28.0 Å². The van der Waals surface area contributed by atoms with Crippen LogP contribution in [0, 0.1) is 11.8 Å². The summed E-state index contributed by atoms with van der Waals surface area (Å²) in [5.74, 6) is 6.74. The Kier molecular flexibility index (Phi) is 9.79. The number of rotatable bonds is 7. The van der Waals surface area contributed by atoms with Crippen LogP contribution in [0.1, 0.15) is 42.3 Å². The van der Waals surface area contributed by atoms with Crippen molar-refractivity contribution in [2.24, 2.45) is 0 Å². The summed E-state index contributed by atoms with van der Waals surface area (Å²) < 4.78 is 16.8. The molecule has 0 spiro atoms. The third-order valence-electron chi connectivity index (χ3n) is 5.61. The summed E-state index contributed by atoms with van der Waals surface area (Å²) in [5, 5.41) is 0.732. The molecule has 0 saturated heterocycles. The first-order valence-corrected chi connectivity index (χ1v) is 13.7. The van der Waals surface area contributed by atoms with Crippen LogP contribution >= 0.6 is 34.8 Å². The van der Waals surface area contributed by atoms with E-state index in [0.29, 0.717) is 18.8 Å². The number of esters is 1. The standard InChI is InChI=1S/C33H27Cl3O4/c1-33(2,3)39-19-18-38-27-16-8-23(9-17-27)5-4-22-6-10-24(11-7-22)25-12-14-26(15-13-25)32(37)40-31-21-29(35)28(34)20-30(31)36/h6-17,20-21H,18-19H2,1-3H3. The predicted octanol–water partition coefficient (Wildman–Crippen LogP) is 9.13. The minimum Gasteiger partial charge on any atom is -0.491 e. The smallest absolute Gasteiger partial charge is 0.343 e. The van der Waals surface area contributed by atoms with Crippen molar-refractivity contribution >= 4 is 40.8 Å². The molecule has 4 aromatic rings. The molecule has 0 fully saturated rings. The van der Waals surface area contributed by atoms with E-state index >= 15 is 0 Å². The predicted molar refractivity (Wildman–Crippen MR) is 162 cm³/mol. The maximum Gasteiger partial charge on any atom is 0.343 e. The lowest BCUT2D eigenvalue weighted by atomic mass is 10.0. The summed E-state index contributed by atoms with van der Waals surface area (Å²) in [6.07, 6.45) is 0. The molecule has 0 aliphatic heterocycles. The Bertz CT molecular complexity index is 1530. The second-order valence-electron chi connectivity index (χ2n) is 9.82. The molecule has 204 valence electrons. The number of halogens is 3. The molecule has 4 nitrogen and oxygen atoms in total. The van der Waals surface area contributed by atoms with Gasteiger partial charge in [-0.15, -0.1) is 0 Å². The zero-order chi connectivity index (χ0) is 28.7. The molecule has 0 radical (unpaired) electrons. The van der Waals surface area contributed by atoms with Crippen LogP contribution in [0.25, 0.3) is 11.1 Å². The van der Waals surface area contributed by atoms with E-state index in [1.165, 1.54) is 12.1 Å². The first-order chi connectivity index (χ1) is 19.1. The van der Waals surface area contributed by atoms with Crippen LogP contribution in [0.5, 0.6) is 11.5 Å². The van der Waals surface area contributed by atoms with E-state index in [-0.39, 0.29) is 26.4 Å². The minimum absolute atomic E-state index is 0.146. The molecule has 7 heteroatoms. The van der Waals surface area contributed by atoms with Gasteiger partial charge in [-0.3, -0.25) is 0 Å². The van der Waals surface area contributed by atoms with E-state index in [2.05, 4.69) is 11.8 Å². The quantitative estimate of drug-likeness (QED) is 0.0705. The first-order valence-electron chi connectivity index (χ1n) is 12.5. The highest BCUT2D eigenvalue weighted by Crippen LogP contribution is 2.34. The number of ether oxygens (including phenoxy) is 3. The van der Waals surface area contributed by atoms with Crippen LogP contribution in [0.2, 0.25) is 15.1 Å². The molecule has 40 heavy (non-hydrogen) atoms. The van der Waals surface area contributed by atoms with Gasteiger partial charge in [0.15, 0.2) is 5.75 Å². The van der Waals surface area contributed by atoms with Crippen molar-refractivity contribution in [3.63, 3.8) is 0 Å². The average molecular weight is 594 g/mol. The van der Waals surface area contributed by atoms with Gasteiger partial charge in [0.25, 0.3) is 0 Å². The lowest BCUT2D eigenvalue weighted by Crippen LogP contribution is -2.22. The third-order valence-corrected chi connectivity index (χ3v) is 6.63. The lowest BCUT2D eigenvalue weighted by Gasteiger charge is -2.19. The van der Waals surface area contributed by atoms with E-state index in [1.54, 1.807) is 12.1 Å². The van der Waals surface area contributed by atoms with Crippen molar-refractivity contribution in [1.82, 2.24) is 0 Å². The Labute approximate surface area is 249 Å². The summed E-state index contributed by atoms with van der Waals surface area (Å²) in [5.41, 5.74) is 3.94. The first kappa shape index (κ1) is 29.5. The maximum absolute atomic E-state index is 12.6. The SMILES string of the molecule is CC(C)(C)OCCOc1ccc(C#Cc2ccc(-c3ccc(C(=O)Oc4cc(Cl)c(Cl)cc4Cl)cc3)cc2)cc1. The van der Waals surface area contributed by atoms with Crippen LogP contribution in [-0.4, -0.2) is 24.8 Å². The van der Waals surface area contributed by atoms with E-state index in [4.69, 9.17) is 49.0 Å². The zero-order valence-corrected chi connectivity index (χ0v) is 24.5. The topological polar surface area (TPSA) is 44.8 Å². The molecule has 0 aliphatic rings. The summed E-state index contributed by atoms with van der Waals surface area (Å²) in [6.45, 7) is 7.09. The average Bonchev–Trinajstić information content (AvgIpc) is 2.93. The second-order valence-corrected chi connectivity index (χ2v) is 11.0. The molecule has 0 atom stereocenters. The summed E-state index contributed by atoms with van der Waals surface area (Å²) in [6, 6.07) is 25.5. The van der Waals surface area contributed by atoms with Gasteiger partial charge < -0.3 is 14.2 Å². The fourth-order valence-corrected chi connectivity index (χ4v) is 4.15. The van der Waals surface area contributed by atoms with Gasteiger partial charge in [-0.25, -0.2) is 4.79 Å². The maximum atomic E-state index is 12.6. The minimum atomic E-state index is -0.549. The fourth-order valence-electron chi connectivity index (χ4n) is 3.57. The van der Waals surface area contributed by atoms with E-state index in [9.17, 15) is 4.79 Å². The highest BCUT2D eigenvalue weighted by Gasteiger charge is 2.14. The number of carbonyl (C=O) groups is 1.